The molecule has 0 bridgehead atoms. The molecule has 0 heterocycles. The van der Waals surface area contributed by atoms with E-state index in [1.54, 1.807) is 7.11 Å². The standard InChI is InChI=1S/C7H6IO/c1-9-7-5-3-2-4-6(7)8/h2-4H,1H3. The Morgan fingerprint density at radius 3 is 2.89 bits per heavy atom. The van der Waals surface area contributed by atoms with E-state index in [1.807, 2.05) is 18.2 Å². The van der Waals surface area contributed by atoms with Gasteiger partial charge in [0.2, 0.25) is 0 Å². The molecular weight excluding hydrogens is 227 g/mol. The Morgan fingerprint density at radius 2 is 2.44 bits per heavy atom. The van der Waals surface area contributed by atoms with E-state index in [2.05, 4.69) is 28.7 Å². The van der Waals surface area contributed by atoms with Crippen LogP contribution in [0.5, 0.6) is 5.75 Å². The Hall–Kier alpha value is -0.250. The third kappa shape index (κ3) is 1.58. The zero-order valence-corrected chi connectivity index (χ0v) is 7.18. The number of hydrogen-bond donors (Lipinski definition) is 0. The summed E-state index contributed by atoms with van der Waals surface area (Å²) in [4.78, 5) is 0. The maximum absolute atomic E-state index is 4.98. The maximum atomic E-state index is 4.98. The van der Waals surface area contributed by atoms with Gasteiger partial charge in [-0.1, -0.05) is 12.1 Å². The van der Waals surface area contributed by atoms with Gasteiger partial charge in [0.25, 0.3) is 0 Å². The Morgan fingerprint density at radius 1 is 1.67 bits per heavy atom. The Kier molecular flexibility index (Phi) is 2.33. The molecule has 1 rings (SSSR count). The molecule has 0 aliphatic rings. The summed E-state index contributed by atoms with van der Waals surface area (Å²) < 4.78 is 6.08. The predicted molar refractivity (Wildman–Crippen MR) is 44.5 cm³/mol. The van der Waals surface area contributed by atoms with Crippen LogP contribution in [0.4, 0.5) is 0 Å². The smallest absolute Gasteiger partial charge is 0.140 e. The van der Waals surface area contributed by atoms with Crippen molar-refractivity contribution in [2.24, 2.45) is 0 Å². The van der Waals surface area contributed by atoms with Gasteiger partial charge in [0.05, 0.1) is 10.7 Å². The molecular formula is C7H6IO. The summed E-state index contributed by atoms with van der Waals surface area (Å²) in [5, 5.41) is 0. The van der Waals surface area contributed by atoms with Crippen LogP contribution in [-0.4, -0.2) is 7.11 Å². The minimum atomic E-state index is 0.818. The summed E-state index contributed by atoms with van der Waals surface area (Å²) in [5.74, 6) is 0.818. The number of benzene rings is 1. The van der Waals surface area contributed by atoms with Crippen LogP contribution >= 0.6 is 22.6 Å². The molecule has 0 aliphatic carbocycles. The number of para-hydroxylation sites is 1. The second kappa shape index (κ2) is 3.06. The van der Waals surface area contributed by atoms with E-state index in [1.165, 1.54) is 0 Å². The molecule has 1 nitrogen and oxygen atoms in total. The van der Waals surface area contributed by atoms with Gasteiger partial charge in [-0.15, -0.1) is 0 Å². The Labute approximate surface area is 68.2 Å². The third-order valence-corrected chi connectivity index (χ3v) is 1.82. The second-order valence-electron chi connectivity index (χ2n) is 1.55. The molecule has 0 saturated carbocycles. The lowest BCUT2D eigenvalue weighted by molar-refractivity contribution is 0.411. The van der Waals surface area contributed by atoms with E-state index in [9.17, 15) is 0 Å². The van der Waals surface area contributed by atoms with E-state index in [4.69, 9.17) is 4.74 Å². The van der Waals surface area contributed by atoms with Crippen LogP contribution in [0.2, 0.25) is 0 Å². The molecule has 1 aromatic carbocycles. The molecule has 0 fully saturated rings. The van der Waals surface area contributed by atoms with Crippen molar-refractivity contribution < 1.29 is 4.74 Å². The largest absolute Gasteiger partial charge is 0.495 e. The Bertz CT molecular complexity index is 198. The zero-order valence-electron chi connectivity index (χ0n) is 5.02. The normalized spacial score (nSPS) is 9.11. The first-order valence-corrected chi connectivity index (χ1v) is 3.62. The van der Waals surface area contributed by atoms with E-state index in [-0.39, 0.29) is 0 Å². The molecule has 0 unspecified atom stereocenters. The summed E-state index contributed by atoms with van der Waals surface area (Å²) in [7, 11) is 1.65. The number of halogens is 1. The van der Waals surface area contributed by atoms with Gasteiger partial charge in [-0.25, -0.2) is 0 Å². The molecule has 47 valence electrons. The molecule has 0 aromatic heterocycles. The number of hydrogen-bond acceptors (Lipinski definition) is 1. The lowest BCUT2D eigenvalue weighted by Crippen LogP contribution is -1.84. The first-order valence-electron chi connectivity index (χ1n) is 2.55. The van der Waals surface area contributed by atoms with Crippen molar-refractivity contribution in [3.8, 4) is 5.75 Å². The number of methoxy groups -OCH3 is 1. The first kappa shape index (κ1) is 6.86. The van der Waals surface area contributed by atoms with Gasteiger partial charge in [-0.3, -0.25) is 0 Å². The highest BCUT2D eigenvalue weighted by Gasteiger charge is 1.93. The number of rotatable bonds is 1. The minimum absolute atomic E-state index is 0.818. The molecule has 0 N–H and O–H groups in total. The average molecular weight is 233 g/mol. The summed E-state index contributed by atoms with van der Waals surface area (Å²) in [6, 6.07) is 8.71. The molecule has 0 spiro atoms. The van der Waals surface area contributed by atoms with Crippen LogP contribution in [0.3, 0.4) is 0 Å². The van der Waals surface area contributed by atoms with Gasteiger partial charge in [0.1, 0.15) is 5.75 Å². The fraction of sp³-hybridized carbons (Fsp3) is 0.143. The lowest BCUT2D eigenvalue weighted by Gasteiger charge is -1.98. The molecule has 1 radical (unpaired) electrons. The van der Waals surface area contributed by atoms with Crippen molar-refractivity contribution in [3.63, 3.8) is 0 Å². The SMILES string of the molecule is COc1[c]cccc1I. The second-order valence-corrected chi connectivity index (χ2v) is 2.71. The summed E-state index contributed by atoms with van der Waals surface area (Å²) >= 11 is 2.20. The van der Waals surface area contributed by atoms with Gasteiger partial charge < -0.3 is 4.74 Å². The van der Waals surface area contributed by atoms with Gasteiger partial charge in [-0.2, -0.15) is 0 Å². The van der Waals surface area contributed by atoms with Crippen LogP contribution in [0.15, 0.2) is 18.2 Å². The highest BCUT2D eigenvalue weighted by Crippen LogP contribution is 2.17. The summed E-state index contributed by atoms with van der Waals surface area (Å²) in [5.41, 5.74) is 0. The quantitative estimate of drug-likeness (QED) is 0.675. The summed E-state index contributed by atoms with van der Waals surface area (Å²) in [6.07, 6.45) is 0. The lowest BCUT2D eigenvalue weighted by atomic mass is 10.3. The highest BCUT2D eigenvalue weighted by molar-refractivity contribution is 14.1. The van der Waals surface area contributed by atoms with Gasteiger partial charge >= 0.3 is 0 Å². The maximum Gasteiger partial charge on any atom is 0.140 e. The van der Waals surface area contributed by atoms with Crippen molar-refractivity contribution in [1.82, 2.24) is 0 Å². The van der Waals surface area contributed by atoms with Gasteiger partial charge in [0, 0.05) is 6.07 Å². The molecule has 1 aromatic rings. The van der Waals surface area contributed by atoms with Crippen LogP contribution < -0.4 is 4.74 Å². The summed E-state index contributed by atoms with van der Waals surface area (Å²) in [6.45, 7) is 0. The third-order valence-electron chi connectivity index (χ3n) is 0.974. The monoisotopic (exact) mass is 233 g/mol. The Balaban J connectivity index is 3.01. The van der Waals surface area contributed by atoms with Crippen molar-refractivity contribution in [3.05, 3.63) is 27.8 Å². The molecule has 9 heavy (non-hydrogen) atoms. The fourth-order valence-corrected chi connectivity index (χ4v) is 1.14. The van der Waals surface area contributed by atoms with E-state index < -0.39 is 0 Å². The molecule has 0 amide bonds. The van der Waals surface area contributed by atoms with Crippen LogP contribution in [0.25, 0.3) is 0 Å². The van der Waals surface area contributed by atoms with Crippen molar-refractivity contribution in [2.45, 2.75) is 0 Å². The molecule has 0 saturated heterocycles. The van der Waals surface area contributed by atoms with Crippen LogP contribution in [-0.2, 0) is 0 Å². The fourth-order valence-electron chi connectivity index (χ4n) is 0.557. The van der Waals surface area contributed by atoms with Crippen molar-refractivity contribution in [2.75, 3.05) is 7.11 Å². The first-order chi connectivity index (χ1) is 4.34. The zero-order chi connectivity index (χ0) is 6.69. The van der Waals surface area contributed by atoms with E-state index in [0.29, 0.717) is 0 Å². The molecule has 2 heteroatoms. The van der Waals surface area contributed by atoms with Gasteiger partial charge in [0.15, 0.2) is 0 Å². The predicted octanol–water partition coefficient (Wildman–Crippen LogP) is 2.10. The topological polar surface area (TPSA) is 9.23 Å². The van der Waals surface area contributed by atoms with Crippen LogP contribution in [0.1, 0.15) is 0 Å². The van der Waals surface area contributed by atoms with Crippen molar-refractivity contribution in [1.29, 1.82) is 0 Å². The van der Waals surface area contributed by atoms with E-state index >= 15 is 0 Å². The molecule has 0 aliphatic heterocycles. The minimum Gasteiger partial charge on any atom is -0.495 e. The highest BCUT2D eigenvalue weighted by atomic mass is 127. The number of ether oxygens (including phenoxy) is 1. The average Bonchev–Trinajstić information content (AvgIpc) is 1.89. The molecule has 0 atom stereocenters. The van der Waals surface area contributed by atoms with Gasteiger partial charge in [-0.05, 0) is 28.7 Å². The van der Waals surface area contributed by atoms with E-state index in [0.717, 1.165) is 9.32 Å². The van der Waals surface area contributed by atoms with Crippen LogP contribution in [0, 0.1) is 9.64 Å². The van der Waals surface area contributed by atoms with Crippen molar-refractivity contribution >= 4 is 22.6 Å².